The minimum absolute atomic E-state index is 0.210. The van der Waals surface area contributed by atoms with E-state index in [0.29, 0.717) is 0 Å². The molecule has 1 aliphatic heterocycles. The molecule has 2 aromatic rings. The number of halogens is 1. The van der Waals surface area contributed by atoms with Gasteiger partial charge in [0.2, 0.25) is 5.91 Å². The van der Waals surface area contributed by atoms with Crippen LogP contribution in [0.2, 0.25) is 0 Å². The number of nitrogens with one attached hydrogen (secondary N) is 1. The molecule has 0 saturated carbocycles. The summed E-state index contributed by atoms with van der Waals surface area (Å²) in [6, 6.07) is 10.1. The SMILES string of the molecule is Cc1ccc(NC(=O)C(C)N2CCCc3c(N)cccc32)c(F)c1. The molecular formula is C19H22FN3O. The molecule has 0 bridgehead atoms. The van der Waals surface area contributed by atoms with Crippen molar-refractivity contribution in [3.63, 3.8) is 0 Å². The van der Waals surface area contributed by atoms with Crippen molar-refractivity contribution >= 4 is 23.0 Å². The second-order valence-corrected chi connectivity index (χ2v) is 6.29. The maximum Gasteiger partial charge on any atom is 0.246 e. The van der Waals surface area contributed by atoms with Gasteiger partial charge < -0.3 is 16.0 Å². The number of carbonyl (C=O) groups is 1. The van der Waals surface area contributed by atoms with E-state index in [1.165, 1.54) is 6.07 Å². The van der Waals surface area contributed by atoms with Crippen LogP contribution in [0.25, 0.3) is 0 Å². The number of anilines is 3. The zero-order valence-electron chi connectivity index (χ0n) is 14.0. The highest BCUT2D eigenvalue weighted by Gasteiger charge is 2.27. The molecule has 0 aliphatic carbocycles. The Hall–Kier alpha value is -2.56. The number of hydrogen-bond donors (Lipinski definition) is 2. The topological polar surface area (TPSA) is 58.4 Å². The smallest absolute Gasteiger partial charge is 0.246 e. The lowest BCUT2D eigenvalue weighted by Gasteiger charge is -2.36. The Kier molecular flexibility index (Phi) is 4.42. The molecule has 2 aromatic carbocycles. The lowest BCUT2D eigenvalue weighted by Crippen LogP contribution is -2.45. The lowest BCUT2D eigenvalue weighted by atomic mass is 9.98. The van der Waals surface area contributed by atoms with Gasteiger partial charge in [-0.25, -0.2) is 4.39 Å². The van der Waals surface area contributed by atoms with Crippen LogP contribution in [0.1, 0.15) is 24.5 Å². The van der Waals surface area contributed by atoms with E-state index >= 15 is 0 Å². The first-order valence-electron chi connectivity index (χ1n) is 8.18. The monoisotopic (exact) mass is 327 g/mol. The van der Waals surface area contributed by atoms with E-state index in [1.54, 1.807) is 12.1 Å². The Morgan fingerprint density at radius 2 is 2.12 bits per heavy atom. The van der Waals surface area contributed by atoms with Crippen molar-refractivity contribution in [2.24, 2.45) is 0 Å². The molecule has 1 atom stereocenters. The fraction of sp³-hybridized carbons (Fsp3) is 0.316. The zero-order valence-corrected chi connectivity index (χ0v) is 14.0. The van der Waals surface area contributed by atoms with Crippen molar-refractivity contribution in [1.82, 2.24) is 0 Å². The molecule has 1 amide bonds. The molecule has 3 N–H and O–H groups in total. The number of aryl methyl sites for hydroxylation is 1. The van der Waals surface area contributed by atoms with E-state index in [2.05, 4.69) is 5.32 Å². The summed E-state index contributed by atoms with van der Waals surface area (Å²) in [6.07, 6.45) is 1.86. The van der Waals surface area contributed by atoms with Gasteiger partial charge in [-0.3, -0.25) is 4.79 Å². The first-order valence-corrected chi connectivity index (χ1v) is 8.18. The van der Waals surface area contributed by atoms with Gasteiger partial charge >= 0.3 is 0 Å². The van der Waals surface area contributed by atoms with Gasteiger partial charge in [0.15, 0.2) is 0 Å². The van der Waals surface area contributed by atoms with E-state index in [4.69, 9.17) is 5.73 Å². The molecule has 0 radical (unpaired) electrons. The summed E-state index contributed by atoms with van der Waals surface area (Å²) in [5.41, 5.74) is 9.93. The number of carbonyl (C=O) groups excluding carboxylic acids is 1. The average molecular weight is 327 g/mol. The predicted octanol–water partition coefficient (Wildman–Crippen LogP) is 3.50. The van der Waals surface area contributed by atoms with Crippen LogP contribution in [0.15, 0.2) is 36.4 Å². The Morgan fingerprint density at radius 3 is 2.88 bits per heavy atom. The van der Waals surface area contributed by atoms with Crippen molar-refractivity contribution in [1.29, 1.82) is 0 Å². The first kappa shape index (κ1) is 16.3. The van der Waals surface area contributed by atoms with Crippen LogP contribution >= 0.6 is 0 Å². The number of fused-ring (bicyclic) bond motifs is 1. The Balaban J connectivity index is 1.81. The van der Waals surface area contributed by atoms with E-state index in [0.717, 1.165) is 41.9 Å². The maximum atomic E-state index is 14.0. The van der Waals surface area contributed by atoms with E-state index in [9.17, 15) is 9.18 Å². The summed E-state index contributed by atoms with van der Waals surface area (Å²) in [7, 11) is 0. The third-order valence-electron chi connectivity index (χ3n) is 4.55. The minimum Gasteiger partial charge on any atom is -0.398 e. The van der Waals surface area contributed by atoms with Gasteiger partial charge in [-0.2, -0.15) is 0 Å². The summed E-state index contributed by atoms with van der Waals surface area (Å²) in [5.74, 6) is -0.646. The van der Waals surface area contributed by atoms with Crippen molar-refractivity contribution in [3.8, 4) is 0 Å². The van der Waals surface area contributed by atoms with Crippen molar-refractivity contribution < 1.29 is 9.18 Å². The van der Waals surface area contributed by atoms with Gasteiger partial charge in [0.05, 0.1) is 5.69 Å². The second-order valence-electron chi connectivity index (χ2n) is 6.29. The average Bonchev–Trinajstić information content (AvgIpc) is 2.56. The molecule has 0 spiro atoms. The molecular weight excluding hydrogens is 305 g/mol. The highest BCUT2D eigenvalue weighted by Crippen LogP contribution is 2.32. The van der Waals surface area contributed by atoms with Gasteiger partial charge in [-0.15, -0.1) is 0 Å². The number of nitrogen functional groups attached to an aromatic ring is 1. The molecule has 0 aromatic heterocycles. The quantitative estimate of drug-likeness (QED) is 0.848. The van der Waals surface area contributed by atoms with Crippen LogP contribution in [-0.4, -0.2) is 18.5 Å². The summed E-state index contributed by atoms with van der Waals surface area (Å²) in [6.45, 7) is 4.42. The summed E-state index contributed by atoms with van der Waals surface area (Å²) >= 11 is 0. The molecule has 126 valence electrons. The fourth-order valence-corrected chi connectivity index (χ4v) is 3.18. The third kappa shape index (κ3) is 3.07. The van der Waals surface area contributed by atoms with Crippen molar-refractivity contribution in [3.05, 3.63) is 53.3 Å². The summed E-state index contributed by atoms with van der Waals surface area (Å²) in [4.78, 5) is 14.6. The number of nitrogens with two attached hydrogens (primary N) is 1. The van der Waals surface area contributed by atoms with Gasteiger partial charge in [-0.05, 0) is 62.1 Å². The Morgan fingerprint density at radius 1 is 1.33 bits per heavy atom. The molecule has 4 nitrogen and oxygen atoms in total. The van der Waals surface area contributed by atoms with Crippen molar-refractivity contribution in [2.75, 3.05) is 22.5 Å². The number of nitrogens with zero attached hydrogens (tertiary/aromatic N) is 1. The predicted molar refractivity (Wildman–Crippen MR) is 95.8 cm³/mol. The number of rotatable bonds is 3. The van der Waals surface area contributed by atoms with E-state index in [1.807, 2.05) is 36.9 Å². The molecule has 24 heavy (non-hydrogen) atoms. The normalized spacial score (nSPS) is 14.9. The lowest BCUT2D eigenvalue weighted by molar-refractivity contribution is -0.117. The largest absolute Gasteiger partial charge is 0.398 e. The van der Waals surface area contributed by atoms with Crippen LogP contribution in [0.3, 0.4) is 0 Å². The molecule has 5 heteroatoms. The molecule has 1 unspecified atom stereocenters. The second kappa shape index (κ2) is 6.51. The van der Waals surface area contributed by atoms with Crippen LogP contribution < -0.4 is 16.0 Å². The van der Waals surface area contributed by atoms with Gasteiger partial charge in [0.1, 0.15) is 11.9 Å². The number of amides is 1. The molecule has 0 saturated heterocycles. The third-order valence-corrected chi connectivity index (χ3v) is 4.55. The fourth-order valence-electron chi connectivity index (χ4n) is 3.18. The van der Waals surface area contributed by atoms with E-state index < -0.39 is 11.9 Å². The number of benzene rings is 2. The molecule has 3 rings (SSSR count). The Labute approximate surface area is 141 Å². The maximum absolute atomic E-state index is 14.0. The highest BCUT2D eigenvalue weighted by molar-refractivity contribution is 5.97. The highest BCUT2D eigenvalue weighted by atomic mass is 19.1. The summed E-state index contributed by atoms with van der Waals surface area (Å²) < 4.78 is 14.0. The van der Waals surface area contributed by atoms with Crippen LogP contribution in [0.4, 0.5) is 21.5 Å². The van der Waals surface area contributed by atoms with Gasteiger partial charge in [0, 0.05) is 17.9 Å². The Bertz CT molecular complexity index is 775. The van der Waals surface area contributed by atoms with E-state index in [-0.39, 0.29) is 11.6 Å². The zero-order chi connectivity index (χ0) is 17.3. The van der Waals surface area contributed by atoms with Crippen molar-refractivity contribution in [2.45, 2.75) is 32.7 Å². The summed E-state index contributed by atoms with van der Waals surface area (Å²) in [5, 5.41) is 2.69. The molecule has 1 heterocycles. The minimum atomic E-state index is -0.418. The standard InChI is InChI=1S/C19H22FN3O/c1-12-8-9-17(15(20)11-12)22-19(24)13(2)23-10-4-5-14-16(21)6-3-7-18(14)23/h3,6-9,11,13H,4-5,10,21H2,1-2H3,(H,22,24). The van der Waals surface area contributed by atoms with Crippen LogP contribution in [-0.2, 0) is 11.2 Å². The molecule has 0 fully saturated rings. The van der Waals surface area contributed by atoms with Gasteiger partial charge in [0.25, 0.3) is 0 Å². The molecule has 1 aliphatic rings. The van der Waals surface area contributed by atoms with Gasteiger partial charge in [-0.1, -0.05) is 12.1 Å². The van der Waals surface area contributed by atoms with Crippen LogP contribution in [0.5, 0.6) is 0 Å². The first-order chi connectivity index (χ1) is 11.5. The van der Waals surface area contributed by atoms with Crippen LogP contribution in [0, 0.1) is 12.7 Å². The number of hydrogen-bond acceptors (Lipinski definition) is 3.